The van der Waals surface area contributed by atoms with Crippen LogP contribution in [0, 0.1) is 0 Å². The molecule has 3 heterocycles. The summed E-state index contributed by atoms with van der Waals surface area (Å²) in [6.45, 7) is 2.21. The summed E-state index contributed by atoms with van der Waals surface area (Å²) in [6.07, 6.45) is 5.49. The van der Waals surface area contributed by atoms with Gasteiger partial charge in [0.2, 0.25) is 11.8 Å². The van der Waals surface area contributed by atoms with Gasteiger partial charge in [-0.2, -0.15) is 0 Å². The second-order valence-corrected chi connectivity index (χ2v) is 8.81. The first kappa shape index (κ1) is 17.8. The number of fused-ring (bicyclic) bond motifs is 1. The fourth-order valence-electron chi connectivity index (χ4n) is 5.44. The Morgan fingerprint density at radius 3 is 2.75 bits per heavy atom. The summed E-state index contributed by atoms with van der Waals surface area (Å²) in [6, 6.07) is 5.72. The molecule has 3 fully saturated rings. The van der Waals surface area contributed by atoms with Gasteiger partial charge in [0, 0.05) is 43.2 Å². The Bertz CT molecular complexity index is 863. The van der Waals surface area contributed by atoms with E-state index < -0.39 is 6.04 Å². The standard InChI is InChI=1S/C21H26N4O3/c22-15-9-21(6-1-7-21)24(12-15)10-13-2-3-16-14(8-13)11-25(20(16)28)17-4-5-18(26)23-19(17)27/h2-3,8,15,17H,1,4-7,9-12,22H2,(H,23,26,27). The number of benzene rings is 1. The van der Waals surface area contributed by atoms with Gasteiger partial charge in [-0.1, -0.05) is 12.1 Å². The Balaban J connectivity index is 1.33. The number of nitrogens with zero attached hydrogens (tertiary/aromatic N) is 2. The number of imide groups is 1. The molecular weight excluding hydrogens is 356 g/mol. The van der Waals surface area contributed by atoms with E-state index in [0.717, 1.165) is 25.1 Å². The molecule has 2 atom stereocenters. The Kier molecular flexibility index (Phi) is 4.07. The number of piperidine rings is 1. The largest absolute Gasteiger partial charge is 0.326 e. The Morgan fingerprint density at radius 1 is 1.21 bits per heavy atom. The van der Waals surface area contributed by atoms with Crippen molar-refractivity contribution in [3.05, 3.63) is 34.9 Å². The van der Waals surface area contributed by atoms with Crippen molar-refractivity contribution in [3.63, 3.8) is 0 Å². The molecule has 4 aliphatic rings. The maximum Gasteiger partial charge on any atom is 0.255 e. The van der Waals surface area contributed by atoms with Gasteiger partial charge in [-0.05, 0) is 49.3 Å². The highest BCUT2D eigenvalue weighted by Gasteiger charge is 2.48. The minimum Gasteiger partial charge on any atom is -0.326 e. The van der Waals surface area contributed by atoms with E-state index >= 15 is 0 Å². The lowest BCUT2D eigenvalue weighted by molar-refractivity contribution is -0.136. The average molecular weight is 382 g/mol. The Hall–Kier alpha value is -2.25. The van der Waals surface area contributed by atoms with Crippen LogP contribution in [0.15, 0.2) is 18.2 Å². The third kappa shape index (κ3) is 2.76. The lowest BCUT2D eigenvalue weighted by Crippen LogP contribution is -2.52. The third-order valence-electron chi connectivity index (χ3n) is 7.01. The minimum atomic E-state index is -0.559. The summed E-state index contributed by atoms with van der Waals surface area (Å²) in [7, 11) is 0. The molecule has 1 aliphatic carbocycles. The molecule has 3 amide bonds. The number of rotatable bonds is 3. The first-order chi connectivity index (χ1) is 13.4. The summed E-state index contributed by atoms with van der Waals surface area (Å²) in [5.74, 6) is -0.744. The van der Waals surface area contributed by atoms with Crippen LogP contribution in [0.4, 0.5) is 0 Å². The van der Waals surface area contributed by atoms with Crippen molar-refractivity contribution in [1.82, 2.24) is 15.1 Å². The molecule has 0 aromatic heterocycles. The maximum atomic E-state index is 12.8. The lowest BCUT2D eigenvalue weighted by atomic mass is 9.74. The molecule has 1 aromatic rings. The SMILES string of the molecule is NC1CN(Cc2ccc3c(c2)CN(C2CCC(=O)NC2=O)C3=O)C2(CCC2)C1. The van der Waals surface area contributed by atoms with Crippen LogP contribution in [0.3, 0.4) is 0 Å². The first-order valence-electron chi connectivity index (χ1n) is 10.2. The van der Waals surface area contributed by atoms with E-state index in [4.69, 9.17) is 5.73 Å². The number of nitrogens with two attached hydrogens (primary N) is 1. The molecule has 0 bridgehead atoms. The molecule has 7 heteroatoms. The number of hydrogen-bond donors (Lipinski definition) is 2. The van der Waals surface area contributed by atoms with E-state index in [9.17, 15) is 14.4 Å². The van der Waals surface area contributed by atoms with E-state index in [-0.39, 0.29) is 35.7 Å². The van der Waals surface area contributed by atoms with Gasteiger partial charge in [-0.15, -0.1) is 0 Å². The maximum absolute atomic E-state index is 12.8. The van der Waals surface area contributed by atoms with Gasteiger partial charge in [0.1, 0.15) is 6.04 Å². The molecular formula is C21H26N4O3. The van der Waals surface area contributed by atoms with Crippen LogP contribution in [0.5, 0.6) is 0 Å². The van der Waals surface area contributed by atoms with Crippen molar-refractivity contribution in [2.24, 2.45) is 5.73 Å². The van der Waals surface area contributed by atoms with E-state index in [1.807, 2.05) is 12.1 Å². The van der Waals surface area contributed by atoms with Gasteiger partial charge in [-0.3, -0.25) is 24.6 Å². The topological polar surface area (TPSA) is 95.7 Å². The Labute approximate surface area is 164 Å². The smallest absolute Gasteiger partial charge is 0.255 e. The number of nitrogens with one attached hydrogen (secondary N) is 1. The fourth-order valence-corrected chi connectivity index (χ4v) is 5.44. The summed E-state index contributed by atoms with van der Waals surface area (Å²) in [4.78, 5) is 40.5. The van der Waals surface area contributed by atoms with Crippen molar-refractivity contribution >= 4 is 17.7 Å². The van der Waals surface area contributed by atoms with Crippen LogP contribution in [-0.4, -0.2) is 51.7 Å². The second-order valence-electron chi connectivity index (χ2n) is 8.81. The van der Waals surface area contributed by atoms with Crippen LogP contribution in [0.2, 0.25) is 0 Å². The van der Waals surface area contributed by atoms with Gasteiger partial charge >= 0.3 is 0 Å². The number of likely N-dealkylation sites (tertiary alicyclic amines) is 1. The molecule has 1 spiro atoms. The highest BCUT2D eigenvalue weighted by atomic mass is 16.2. The Morgan fingerprint density at radius 2 is 2.04 bits per heavy atom. The van der Waals surface area contributed by atoms with Crippen molar-refractivity contribution < 1.29 is 14.4 Å². The van der Waals surface area contributed by atoms with Crippen molar-refractivity contribution in [3.8, 4) is 0 Å². The minimum absolute atomic E-state index is 0.116. The molecule has 28 heavy (non-hydrogen) atoms. The van der Waals surface area contributed by atoms with E-state index in [1.54, 1.807) is 4.90 Å². The highest BCUT2D eigenvalue weighted by Crippen LogP contribution is 2.45. The summed E-state index contributed by atoms with van der Waals surface area (Å²) < 4.78 is 0. The van der Waals surface area contributed by atoms with Gasteiger partial charge < -0.3 is 10.6 Å². The molecule has 148 valence electrons. The van der Waals surface area contributed by atoms with Gasteiger partial charge in [-0.25, -0.2) is 0 Å². The fraction of sp³-hybridized carbons (Fsp3) is 0.571. The first-order valence-corrected chi connectivity index (χ1v) is 10.2. The summed E-state index contributed by atoms with van der Waals surface area (Å²) >= 11 is 0. The van der Waals surface area contributed by atoms with Gasteiger partial charge in [0.25, 0.3) is 5.91 Å². The normalized spacial score (nSPS) is 29.2. The second kappa shape index (κ2) is 6.39. The molecule has 1 aromatic carbocycles. The lowest BCUT2D eigenvalue weighted by Gasteiger charge is -2.46. The molecule has 2 saturated heterocycles. The predicted octanol–water partition coefficient (Wildman–Crippen LogP) is 0.903. The molecule has 0 radical (unpaired) electrons. The van der Waals surface area contributed by atoms with Crippen molar-refractivity contribution in [2.45, 2.75) is 69.2 Å². The average Bonchev–Trinajstić information content (AvgIpc) is 3.12. The monoisotopic (exact) mass is 382 g/mol. The highest BCUT2D eigenvalue weighted by molar-refractivity contribution is 6.05. The quantitative estimate of drug-likeness (QED) is 0.758. The van der Waals surface area contributed by atoms with Crippen LogP contribution in [-0.2, 0) is 22.7 Å². The van der Waals surface area contributed by atoms with E-state index in [1.165, 1.54) is 24.8 Å². The summed E-state index contributed by atoms with van der Waals surface area (Å²) in [5, 5.41) is 2.35. The molecule has 3 N–H and O–H groups in total. The van der Waals surface area contributed by atoms with Crippen LogP contribution in [0.25, 0.3) is 0 Å². The predicted molar refractivity (Wildman–Crippen MR) is 102 cm³/mol. The third-order valence-corrected chi connectivity index (χ3v) is 7.01. The summed E-state index contributed by atoms with van der Waals surface area (Å²) in [5.41, 5.74) is 9.36. The van der Waals surface area contributed by atoms with Crippen LogP contribution >= 0.6 is 0 Å². The molecule has 3 aliphatic heterocycles. The molecule has 1 saturated carbocycles. The van der Waals surface area contributed by atoms with Crippen LogP contribution in [0.1, 0.15) is 60.0 Å². The van der Waals surface area contributed by atoms with Crippen LogP contribution < -0.4 is 11.1 Å². The zero-order valence-corrected chi connectivity index (χ0v) is 15.9. The molecule has 2 unspecified atom stereocenters. The zero-order valence-electron chi connectivity index (χ0n) is 15.9. The number of carbonyl (C=O) groups is 3. The number of carbonyl (C=O) groups excluding carboxylic acids is 3. The number of hydrogen-bond acceptors (Lipinski definition) is 5. The van der Waals surface area contributed by atoms with E-state index in [2.05, 4.69) is 16.3 Å². The zero-order chi connectivity index (χ0) is 19.5. The van der Waals surface area contributed by atoms with Gasteiger partial charge in [0.05, 0.1) is 0 Å². The number of amides is 3. The van der Waals surface area contributed by atoms with Gasteiger partial charge in [0.15, 0.2) is 0 Å². The van der Waals surface area contributed by atoms with E-state index in [0.29, 0.717) is 18.5 Å². The molecule has 5 rings (SSSR count). The van der Waals surface area contributed by atoms with Crippen molar-refractivity contribution in [2.75, 3.05) is 6.54 Å². The van der Waals surface area contributed by atoms with Crippen molar-refractivity contribution in [1.29, 1.82) is 0 Å². The molecule has 7 nitrogen and oxygen atoms in total.